The van der Waals surface area contributed by atoms with E-state index in [1.807, 2.05) is 0 Å². The maximum absolute atomic E-state index is 5.92. The molecule has 0 saturated heterocycles. The fraction of sp³-hybridized carbons (Fsp3) is 1.00. The van der Waals surface area contributed by atoms with E-state index in [4.69, 9.17) is 5.73 Å². The highest BCUT2D eigenvalue weighted by Crippen LogP contribution is 2.40. The summed E-state index contributed by atoms with van der Waals surface area (Å²) in [5.41, 5.74) is 6.44. The standard InChI is InChI=1S/C24H49N/c1-5-12-22(20-25)16-9-10-19-24(3,4)23(13-6-2)18-11-17-21-14-7-8-15-21/h21-23H,5-20,25H2,1-4H3/t22-,23?/m1/s1. The molecular weight excluding hydrogens is 302 g/mol. The molecule has 1 rings (SSSR count). The third-order valence-electron chi connectivity index (χ3n) is 7.10. The van der Waals surface area contributed by atoms with Crippen LogP contribution in [0.1, 0.15) is 124 Å². The molecule has 0 bridgehead atoms. The summed E-state index contributed by atoms with van der Waals surface area (Å²) in [7, 11) is 0. The van der Waals surface area contributed by atoms with Crippen molar-refractivity contribution in [3.8, 4) is 0 Å². The van der Waals surface area contributed by atoms with Crippen LogP contribution in [0.4, 0.5) is 0 Å². The van der Waals surface area contributed by atoms with Gasteiger partial charge in [-0.05, 0) is 55.4 Å². The normalized spacial score (nSPS) is 18.6. The Morgan fingerprint density at radius 2 is 1.56 bits per heavy atom. The maximum atomic E-state index is 5.92. The highest BCUT2D eigenvalue weighted by Gasteiger charge is 2.28. The van der Waals surface area contributed by atoms with Gasteiger partial charge in [-0.1, -0.05) is 98.3 Å². The van der Waals surface area contributed by atoms with Crippen molar-refractivity contribution in [3.63, 3.8) is 0 Å². The van der Waals surface area contributed by atoms with Gasteiger partial charge in [0.25, 0.3) is 0 Å². The van der Waals surface area contributed by atoms with Gasteiger partial charge < -0.3 is 5.73 Å². The molecule has 1 fully saturated rings. The smallest absolute Gasteiger partial charge is 0.00489 e. The third kappa shape index (κ3) is 9.45. The second kappa shape index (κ2) is 13.2. The second-order valence-corrected chi connectivity index (χ2v) is 9.69. The average molecular weight is 352 g/mol. The predicted octanol–water partition coefficient (Wildman–Crippen LogP) is 7.72. The fourth-order valence-electron chi connectivity index (χ4n) is 5.23. The highest BCUT2D eigenvalue weighted by molar-refractivity contribution is 4.79. The van der Waals surface area contributed by atoms with Crippen LogP contribution in [0.3, 0.4) is 0 Å². The molecule has 2 atom stereocenters. The number of rotatable bonds is 15. The van der Waals surface area contributed by atoms with Crippen molar-refractivity contribution >= 4 is 0 Å². The topological polar surface area (TPSA) is 26.0 Å². The molecule has 0 aromatic heterocycles. The van der Waals surface area contributed by atoms with E-state index in [1.54, 1.807) is 0 Å². The van der Waals surface area contributed by atoms with Crippen molar-refractivity contribution in [3.05, 3.63) is 0 Å². The molecule has 0 aliphatic heterocycles. The Bertz CT molecular complexity index is 303. The SMILES string of the molecule is CCCC(CCCC1CCCC1)C(C)(C)CCCC[C@H](CN)CCC. The van der Waals surface area contributed by atoms with Crippen LogP contribution in [0.5, 0.6) is 0 Å². The van der Waals surface area contributed by atoms with E-state index in [2.05, 4.69) is 27.7 Å². The molecule has 1 heteroatoms. The fourth-order valence-corrected chi connectivity index (χ4v) is 5.23. The van der Waals surface area contributed by atoms with E-state index in [0.717, 1.165) is 24.3 Å². The Morgan fingerprint density at radius 1 is 0.880 bits per heavy atom. The molecule has 0 heterocycles. The molecule has 1 unspecified atom stereocenters. The van der Waals surface area contributed by atoms with Crippen molar-refractivity contribution in [2.45, 2.75) is 124 Å². The Balaban J connectivity index is 2.30. The van der Waals surface area contributed by atoms with Crippen molar-refractivity contribution in [2.24, 2.45) is 28.9 Å². The van der Waals surface area contributed by atoms with Gasteiger partial charge in [-0.25, -0.2) is 0 Å². The zero-order valence-electron chi connectivity index (χ0n) is 18.1. The Kier molecular flexibility index (Phi) is 12.1. The van der Waals surface area contributed by atoms with Gasteiger partial charge in [-0.2, -0.15) is 0 Å². The minimum Gasteiger partial charge on any atom is -0.330 e. The third-order valence-corrected chi connectivity index (χ3v) is 7.10. The lowest BCUT2D eigenvalue weighted by molar-refractivity contribution is 0.158. The lowest BCUT2D eigenvalue weighted by Gasteiger charge is -2.35. The number of unbranched alkanes of at least 4 members (excludes halogenated alkanes) is 1. The van der Waals surface area contributed by atoms with Crippen LogP contribution in [0.2, 0.25) is 0 Å². The van der Waals surface area contributed by atoms with E-state index in [0.29, 0.717) is 5.41 Å². The van der Waals surface area contributed by atoms with Gasteiger partial charge in [0.05, 0.1) is 0 Å². The summed E-state index contributed by atoms with van der Waals surface area (Å²) in [4.78, 5) is 0. The molecule has 0 aromatic carbocycles. The predicted molar refractivity (Wildman–Crippen MR) is 114 cm³/mol. The van der Waals surface area contributed by atoms with Crippen molar-refractivity contribution in [2.75, 3.05) is 6.54 Å². The average Bonchev–Trinajstić information content (AvgIpc) is 3.10. The summed E-state index contributed by atoms with van der Waals surface area (Å²) >= 11 is 0. The van der Waals surface area contributed by atoms with E-state index in [-0.39, 0.29) is 0 Å². The molecule has 25 heavy (non-hydrogen) atoms. The van der Waals surface area contributed by atoms with Gasteiger partial charge in [-0.3, -0.25) is 0 Å². The van der Waals surface area contributed by atoms with Crippen LogP contribution in [0.25, 0.3) is 0 Å². The summed E-state index contributed by atoms with van der Waals surface area (Å²) in [6.07, 6.45) is 21.4. The van der Waals surface area contributed by atoms with Crippen molar-refractivity contribution in [1.82, 2.24) is 0 Å². The van der Waals surface area contributed by atoms with Crippen LogP contribution >= 0.6 is 0 Å². The molecule has 150 valence electrons. The van der Waals surface area contributed by atoms with Gasteiger partial charge >= 0.3 is 0 Å². The molecule has 0 radical (unpaired) electrons. The molecule has 2 N–H and O–H groups in total. The zero-order valence-corrected chi connectivity index (χ0v) is 18.1. The summed E-state index contributed by atoms with van der Waals surface area (Å²) < 4.78 is 0. The summed E-state index contributed by atoms with van der Waals surface area (Å²) in [6.45, 7) is 10.6. The van der Waals surface area contributed by atoms with E-state index in [9.17, 15) is 0 Å². The molecule has 1 nitrogen and oxygen atoms in total. The van der Waals surface area contributed by atoms with Gasteiger partial charge in [0.1, 0.15) is 0 Å². The number of hydrogen-bond acceptors (Lipinski definition) is 1. The lowest BCUT2D eigenvalue weighted by Crippen LogP contribution is -2.24. The summed E-state index contributed by atoms with van der Waals surface area (Å²) in [5, 5.41) is 0. The molecule has 1 aliphatic carbocycles. The maximum Gasteiger partial charge on any atom is -0.00489 e. The Morgan fingerprint density at radius 3 is 2.16 bits per heavy atom. The van der Waals surface area contributed by atoms with Gasteiger partial charge in [0, 0.05) is 0 Å². The number of nitrogens with two attached hydrogens (primary N) is 1. The molecular formula is C24H49N. The van der Waals surface area contributed by atoms with Crippen LogP contribution in [-0.2, 0) is 0 Å². The number of hydrogen-bond donors (Lipinski definition) is 1. The second-order valence-electron chi connectivity index (χ2n) is 9.69. The first-order chi connectivity index (χ1) is 12.0. The van der Waals surface area contributed by atoms with Gasteiger partial charge in [0.2, 0.25) is 0 Å². The first-order valence-corrected chi connectivity index (χ1v) is 11.7. The van der Waals surface area contributed by atoms with Crippen LogP contribution in [0, 0.1) is 23.2 Å². The van der Waals surface area contributed by atoms with Gasteiger partial charge in [-0.15, -0.1) is 0 Å². The van der Waals surface area contributed by atoms with E-state index in [1.165, 1.54) is 96.3 Å². The van der Waals surface area contributed by atoms with Crippen LogP contribution in [-0.4, -0.2) is 6.54 Å². The lowest BCUT2D eigenvalue weighted by atomic mass is 9.70. The summed E-state index contributed by atoms with van der Waals surface area (Å²) in [6, 6.07) is 0. The minimum atomic E-state index is 0.522. The zero-order chi connectivity index (χ0) is 18.5. The first kappa shape index (κ1) is 23.0. The van der Waals surface area contributed by atoms with E-state index >= 15 is 0 Å². The molecule has 0 spiro atoms. The molecule has 1 saturated carbocycles. The minimum absolute atomic E-state index is 0.522. The van der Waals surface area contributed by atoms with Crippen molar-refractivity contribution in [1.29, 1.82) is 0 Å². The molecule has 0 amide bonds. The Labute approximate surface area is 159 Å². The van der Waals surface area contributed by atoms with Crippen LogP contribution < -0.4 is 5.73 Å². The van der Waals surface area contributed by atoms with Crippen LogP contribution in [0.15, 0.2) is 0 Å². The Hall–Kier alpha value is -0.0400. The quantitative estimate of drug-likeness (QED) is 0.300. The monoisotopic (exact) mass is 351 g/mol. The van der Waals surface area contributed by atoms with Crippen molar-refractivity contribution < 1.29 is 0 Å². The molecule has 0 aromatic rings. The summed E-state index contributed by atoms with van der Waals surface area (Å²) in [5.74, 6) is 2.77. The van der Waals surface area contributed by atoms with Gasteiger partial charge in [0.15, 0.2) is 0 Å². The van der Waals surface area contributed by atoms with E-state index < -0.39 is 0 Å². The largest absolute Gasteiger partial charge is 0.330 e. The highest BCUT2D eigenvalue weighted by atomic mass is 14.5. The first-order valence-electron chi connectivity index (χ1n) is 11.7. The molecule has 1 aliphatic rings.